The van der Waals surface area contributed by atoms with E-state index in [1.165, 1.54) is 4.90 Å². The maximum Gasteiger partial charge on any atom is 0.245 e. The predicted molar refractivity (Wildman–Crippen MR) is 66.4 cm³/mol. The third-order valence-electron chi connectivity index (χ3n) is 3.15. The van der Waals surface area contributed by atoms with Crippen molar-refractivity contribution in [3.63, 3.8) is 0 Å². The predicted octanol–water partition coefficient (Wildman–Crippen LogP) is 0.360. The fourth-order valence-corrected chi connectivity index (χ4v) is 2.02. The second-order valence-electron chi connectivity index (χ2n) is 4.74. The van der Waals surface area contributed by atoms with E-state index in [0.717, 1.165) is 0 Å². The van der Waals surface area contributed by atoms with Gasteiger partial charge in [-0.2, -0.15) is 0 Å². The molecular weight excluding hydrogens is 256 g/mol. The fourth-order valence-electron chi connectivity index (χ4n) is 2.02. The van der Waals surface area contributed by atoms with Crippen LogP contribution in [0.25, 0.3) is 0 Å². The number of nitrogens with zero attached hydrogens (tertiary/aromatic N) is 2. The third kappa shape index (κ3) is 2.19. The van der Waals surface area contributed by atoms with E-state index >= 15 is 0 Å². The van der Waals surface area contributed by atoms with E-state index in [1.54, 1.807) is 13.8 Å². The summed E-state index contributed by atoms with van der Waals surface area (Å²) in [6, 6.07) is 0.695. The zero-order chi connectivity index (χ0) is 14.2. The zero-order valence-electron chi connectivity index (χ0n) is 10.6. The number of piperazine rings is 1. The van der Waals surface area contributed by atoms with Crippen LogP contribution in [0.5, 0.6) is 0 Å². The van der Waals surface area contributed by atoms with Gasteiger partial charge in [0.1, 0.15) is 5.54 Å². The minimum Gasteiger partial charge on any atom is -0.352 e. The van der Waals surface area contributed by atoms with Crippen LogP contribution < -0.4 is 21.5 Å². The first-order valence-electron chi connectivity index (χ1n) is 5.76. The summed E-state index contributed by atoms with van der Waals surface area (Å²) in [5.74, 6) is 2.79. The summed E-state index contributed by atoms with van der Waals surface area (Å²) in [6.07, 6.45) is 0. The van der Waals surface area contributed by atoms with Gasteiger partial charge in [-0.3, -0.25) is 4.79 Å². The maximum absolute atomic E-state index is 13.9. The number of nitrogens with two attached hydrogens (primary N) is 1. The molecule has 1 aromatic rings. The Morgan fingerprint density at radius 3 is 2.79 bits per heavy atom. The molecule has 1 aliphatic heterocycles. The molecule has 0 unspecified atom stereocenters. The number of pyridine rings is 1. The van der Waals surface area contributed by atoms with Crippen LogP contribution in [0.3, 0.4) is 0 Å². The highest BCUT2D eigenvalue weighted by Gasteiger charge is 2.39. The average Bonchev–Trinajstić information content (AvgIpc) is 2.34. The molecule has 1 aliphatic rings. The first-order chi connectivity index (χ1) is 8.87. The van der Waals surface area contributed by atoms with Gasteiger partial charge in [-0.1, -0.05) is 0 Å². The van der Waals surface area contributed by atoms with Gasteiger partial charge in [0.25, 0.3) is 0 Å². The Kier molecular flexibility index (Phi) is 3.27. The highest BCUT2D eigenvalue weighted by molar-refractivity contribution is 5.90. The topological polar surface area (TPSA) is 83.3 Å². The van der Waals surface area contributed by atoms with E-state index in [9.17, 15) is 13.6 Å². The van der Waals surface area contributed by atoms with Crippen molar-refractivity contribution < 1.29 is 13.6 Å². The Balaban J connectivity index is 2.48. The number of aromatic nitrogens is 1. The lowest BCUT2D eigenvalue weighted by atomic mass is 9.99. The molecule has 1 aromatic heterocycles. The number of hydrogen-bond donors (Lipinski definition) is 3. The van der Waals surface area contributed by atoms with Gasteiger partial charge in [-0.15, -0.1) is 0 Å². The van der Waals surface area contributed by atoms with E-state index in [-0.39, 0.29) is 17.5 Å². The summed E-state index contributed by atoms with van der Waals surface area (Å²) in [4.78, 5) is 17.1. The van der Waals surface area contributed by atoms with Crippen LogP contribution in [0, 0.1) is 11.6 Å². The third-order valence-corrected chi connectivity index (χ3v) is 3.15. The smallest absolute Gasteiger partial charge is 0.245 e. The number of hydrogen-bond acceptors (Lipinski definition) is 5. The second-order valence-corrected chi connectivity index (χ2v) is 4.74. The molecule has 4 N–H and O–H groups in total. The molecule has 8 heteroatoms. The number of nitrogens with one attached hydrogen (secondary N) is 2. The first-order valence-corrected chi connectivity index (χ1v) is 5.76. The average molecular weight is 271 g/mol. The van der Waals surface area contributed by atoms with Crippen LogP contribution in [-0.2, 0) is 4.79 Å². The van der Waals surface area contributed by atoms with Gasteiger partial charge in [0.2, 0.25) is 5.91 Å². The highest BCUT2D eigenvalue weighted by atomic mass is 19.1. The van der Waals surface area contributed by atoms with Gasteiger partial charge < -0.3 is 15.6 Å². The lowest BCUT2D eigenvalue weighted by molar-refractivity contribution is -0.126. The van der Waals surface area contributed by atoms with Crippen molar-refractivity contribution >= 4 is 17.5 Å². The molecule has 1 fully saturated rings. The standard InChI is InChI=1S/C11H15F2N5O/c1-11(2)10(19)15-3-4-18(11)9-7(13)5-6(12)8(16-9)17-14/h5H,3-4,14H2,1-2H3,(H,15,19)(H,16,17). The lowest BCUT2D eigenvalue weighted by Crippen LogP contribution is -2.62. The SMILES string of the molecule is CC1(C)C(=O)NCCN1c1nc(NN)c(F)cc1F. The van der Waals surface area contributed by atoms with Gasteiger partial charge in [-0.05, 0) is 13.8 Å². The van der Waals surface area contributed by atoms with E-state index < -0.39 is 17.2 Å². The molecule has 0 atom stereocenters. The van der Waals surface area contributed by atoms with Crippen molar-refractivity contribution in [3.8, 4) is 0 Å². The van der Waals surface area contributed by atoms with Crippen LogP contribution in [0.2, 0.25) is 0 Å². The van der Waals surface area contributed by atoms with Gasteiger partial charge in [-0.25, -0.2) is 19.6 Å². The molecule has 6 nitrogen and oxygen atoms in total. The van der Waals surface area contributed by atoms with Crippen LogP contribution in [0.1, 0.15) is 13.8 Å². The first kappa shape index (κ1) is 13.5. The quantitative estimate of drug-likeness (QED) is 0.534. The van der Waals surface area contributed by atoms with Gasteiger partial charge in [0.05, 0.1) is 0 Å². The maximum atomic E-state index is 13.9. The number of rotatable bonds is 2. The van der Waals surface area contributed by atoms with E-state index in [2.05, 4.69) is 15.7 Å². The molecule has 0 saturated carbocycles. The van der Waals surface area contributed by atoms with Crippen molar-refractivity contribution in [2.24, 2.45) is 5.84 Å². The largest absolute Gasteiger partial charge is 0.352 e. The summed E-state index contributed by atoms with van der Waals surface area (Å²) in [5.41, 5.74) is 1.08. The Bertz CT molecular complexity index is 520. The molecule has 2 heterocycles. The number of carbonyl (C=O) groups excluding carboxylic acids is 1. The van der Waals surface area contributed by atoms with E-state index in [4.69, 9.17) is 5.84 Å². The van der Waals surface area contributed by atoms with Gasteiger partial charge in [0.15, 0.2) is 23.3 Å². The molecular formula is C11H15F2N5O. The van der Waals surface area contributed by atoms with Crippen molar-refractivity contribution in [1.29, 1.82) is 0 Å². The molecule has 0 aromatic carbocycles. The summed E-state index contributed by atoms with van der Waals surface area (Å²) in [7, 11) is 0. The van der Waals surface area contributed by atoms with Crippen LogP contribution in [0.4, 0.5) is 20.4 Å². The van der Waals surface area contributed by atoms with Gasteiger partial charge in [0, 0.05) is 19.2 Å². The number of amides is 1. The summed E-state index contributed by atoms with van der Waals surface area (Å²) in [5, 5.41) is 2.69. The number of hydrazine groups is 1. The Morgan fingerprint density at radius 2 is 2.16 bits per heavy atom. The Labute approximate surface area is 108 Å². The molecule has 0 spiro atoms. The highest BCUT2D eigenvalue weighted by Crippen LogP contribution is 2.29. The van der Waals surface area contributed by atoms with E-state index in [0.29, 0.717) is 19.2 Å². The molecule has 2 rings (SSSR count). The number of carbonyl (C=O) groups is 1. The van der Waals surface area contributed by atoms with Gasteiger partial charge >= 0.3 is 0 Å². The fraction of sp³-hybridized carbons (Fsp3) is 0.455. The summed E-state index contributed by atoms with van der Waals surface area (Å²) >= 11 is 0. The summed E-state index contributed by atoms with van der Waals surface area (Å²) < 4.78 is 27.2. The minimum absolute atomic E-state index is 0.103. The summed E-state index contributed by atoms with van der Waals surface area (Å²) in [6.45, 7) is 4.02. The number of nitrogen functional groups attached to an aromatic ring is 1. The molecule has 1 saturated heterocycles. The normalized spacial score (nSPS) is 18.2. The van der Waals surface area contributed by atoms with Crippen LogP contribution in [-0.4, -0.2) is 29.5 Å². The zero-order valence-corrected chi connectivity index (χ0v) is 10.6. The Hall–Kier alpha value is -1.96. The second kappa shape index (κ2) is 4.61. The Morgan fingerprint density at radius 1 is 1.47 bits per heavy atom. The number of anilines is 2. The minimum atomic E-state index is -0.976. The van der Waals surface area contributed by atoms with Crippen molar-refractivity contribution in [2.75, 3.05) is 23.4 Å². The number of halogens is 2. The van der Waals surface area contributed by atoms with Crippen molar-refractivity contribution in [3.05, 3.63) is 17.7 Å². The lowest BCUT2D eigenvalue weighted by Gasteiger charge is -2.42. The monoisotopic (exact) mass is 271 g/mol. The molecule has 0 radical (unpaired) electrons. The molecule has 19 heavy (non-hydrogen) atoms. The van der Waals surface area contributed by atoms with E-state index in [1.807, 2.05) is 0 Å². The van der Waals surface area contributed by atoms with Crippen LogP contribution in [0.15, 0.2) is 6.07 Å². The molecule has 0 aliphatic carbocycles. The molecule has 1 amide bonds. The van der Waals surface area contributed by atoms with Crippen LogP contribution >= 0.6 is 0 Å². The van der Waals surface area contributed by atoms with Crippen molar-refractivity contribution in [1.82, 2.24) is 10.3 Å². The molecule has 0 bridgehead atoms. The van der Waals surface area contributed by atoms with Crippen molar-refractivity contribution in [2.45, 2.75) is 19.4 Å². The molecule has 104 valence electrons.